The zero-order valence-corrected chi connectivity index (χ0v) is 13.6. The van der Waals surface area contributed by atoms with Crippen LogP contribution in [-0.2, 0) is 0 Å². The predicted molar refractivity (Wildman–Crippen MR) is 95.0 cm³/mol. The molecular formula is C18H13ClN2OS. The SMILES string of the molecule is O=C1N[C@H](c2ccccc2Cl)Nc2scc(-c3ccccc3)c21. The minimum absolute atomic E-state index is 0.0798. The van der Waals surface area contributed by atoms with Gasteiger partial charge in [0.1, 0.15) is 11.2 Å². The first-order chi connectivity index (χ1) is 11.2. The average Bonchev–Trinajstić information content (AvgIpc) is 3.00. The highest BCUT2D eigenvalue weighted by atomic mass is 35.5. The first-order valence-electron chi connectivity index (χ1n) is 7.23. The molecule has 0 aliphatic carbocycles. The normalized spacial score (nSPS) is 16.4. The van der Waals surface area contributed by atoms with Gasteiger partial charge in [-0.05, 0) is 11.6 Å². The monoisotopic (exact) mass is 340 g/mol. The van der Waals surface area contributed by atoms with Crippen LogP contribution in [0.4, 0.5) is 5.00 Å². The lowest BCUT2D eigenvalue weighted by Gasteiger charge is -2.27. The quantitative estimate of drug-likeness (QED) is 0.695. The highest BCUT2D eigenvalue weighted by Crippen LogP contribution is 2.40. The van der Waals surface area contributed by atoms with Gasteiger partial charge in [-0.25, -0.2) is 0 Å². The summed E-state index contributed by atoms with van der Waals surface area (Å²) >= 11 is 7.79. The van der Waals surface area contributed by atoms with Crippen molar-refractivity contribution in [1.29, 1.82) is 0 Å². The summed E-state index contributed by atoms with van der Waals surface area (Å²) in [5.41, 5.74) is 3.55. The fraction of sp³-hybridized carbons (Fsp3) is 0.0556. The Morgan fingerprint density at radius 1 is 0.957 bits per heavy atom. The Morgan fingerprint density at radius 3 is 2.48 bits per heavy atom. The van der Waals surface area contributed by atoms with E-state index in [1.165, 1.54) is 11.3 Å². The van der Waals surface area contributed by atoms with E-state index in [2.05, 4.69) is 10.6 Å². The zero-order valence-electron chi connectivity index (χ0n) is 12.0. The summed E-state index contributed by atoms with van der Waals surface area (Å²) in [5, 5.41) is 9.90. The molecule has 0 fully saturated rings. The van der Waals surface area contributed by atoms with Gasteiger partial charge in [0.05, 0.1) is 5.56 Å². The largest absolute Gasteiger partial charge is 0.353 e. The summed E-state index contributed by atoms with van der Waals surface area (Å²) in [7, 11) is 0. The number of thiophene rings is 1. The topological polar surface area (TPSA) is 41.1 Å². The third-order valence-corrected chi connectivity index (χ3v) is 5.13. The minimum Gasteiger partial charge on any atom is -0.353 e. The summed E-state index contributed by atoms with van der Waals surface area (Å²) in [4.78, 5) is 12.6. The van der Waals surface area contributed by atoms with Gasteiger partial charge in [-0.3, -0.25) is 4.79 Å². The lowest BCUT2D eigenvalue weighted by atomic mass is 10.0. The highest BCUT2D eigenvalue weighted by Gasteiger charge is 2.29. The van der Waals surface area contributed by atoms with E-state index in [0.717, 1.165) is 21.7 Å². The highest BCUT2D eigenvalue weighted by molar-refractivity contribution is 7.15. The zero-order chi connectivity index (χ0) is 15.8. The van der Waals surface area contributed by atoms with Gasteiger partial charge in [0.25, 0.3) is 5.91 Å². The Bertz CT molecular complexity index is 876. The van der Waals surface area contributed by atoms with Crippen LogP contribution in [-0.4, -0.2) is 5.91 Å². The van der Waals surface area contributed by atoms with E-state index in [1.54, 1.807) is 0 Å². The van der Waals surface area contributed by atoms with E-state index < -0.39 is 0 Å². The van der Waals surface area contributed by atoms with Crippen LogP contribution in [0.1, 0.15) is 22.1 Å². The van der Waals surface area contributed by atoms with Crippen molar-refractivity contribution in [2.45, 2.75) is 6.17 Å². The van der Waals surface area contributed by atoms with Gasteiger partial charge in [-0.1, -0.05) is 60.1 Å². The molecule has 2 N–H and O–H groups in total. The molecule has 1 amide bonds. The first kappa shape index (κ1) is 14.3. The fourth-order valence-electron chi connectivity index (χ4n) is 2.75. The lowest BCUT2D eigenvalue weighted by Crippen LogP contribution is -2.38. The first-order valence-corrected chi connectivity index (χ1v) is 8.48. The number of carbonyl (C=O) groups excluding carboxylic acids is 1. The molecule has 1 aliphatic rings. The van der Waals surface area contributed by atoms with Gasteiger partial charge in [-0.15, -0.1) is 11.3 Å². The van der Waals surface area contributed by atoms with Crippen molar-refractivity contribution in [1.82, 2.24) is 5.32 Å². The summed E-state index contributed by atoms with van der Waals surface area (Å²) in [5.74, 6) is -0.0798. The van der Waals surface area contributed by atoms with Crippen molar-refractivity contribution in [2.24, 2.45) is 0 Å². The maximum absolute atomic E-state index is 12.6. The number of halogens is 1. The third kappa shape index (κ3) is 2.50. The van der Waals surface area contributed by atoms with Crippen LogP contribution in [0.25, 0.3) is 11.1 Å². The van der Waals surface area contributed by atoms with Crippen LogP contribution in [0.2, 0.25) is 5.02 Å². The third-order valence-electron chi connectivity index (χ3n) is 3.87. The molecule has 3 nitrogen and oxygen atoms in total. The van der Waals surface area contributed by atoms with Crippen LogP contribution in [0.5, 0.6) is 0 Å². The van der Waals surface area contributed by atoms with Crippen LogP contribution >= 0.6 is 22.9 Å². The van der Waals surface area contributed by atoms with Crippen LogP contribution < -0.4 is 10.6 Å². The van der Waals surface area contributed by atoms with E-state index in [1.807, 2.05) is 60.0 Å². The minimum atomic E-state index is -0.314. The molecule has 1 aromatic heterocycles. The fourth-order valence-corrected chi connectivity index (χ4v) is 4.00. The van der Waals surface area contributed by atoms with Crippen LogP contribution in [0, 0.1) is 0 Å². The van der Waals surface area contributed by atoms with E-state index in [4.69, 9.17) is 11.6 Å². The Morgan fingerprint density at radius 2 is 1.70 bits per heavy atom. The number of benzene rings is 2. The summed E-state index contributed by atoms with van der Waals surface area (Å²) < 4.78 is 0. The maximum atomic E-state index is 12.6. The van der Waals surface area contributed by atoms with Gasteiger partial charge in [0.2, 0.25) is 0 Å². The Balaban J connectivity index is 1.74. The molecule has 0 saturated heterocycles. The van der Waals surface area contributed by atoms with Crippen molar-refractivity contribution in [2.75, 3.05) is 5.32 Å². The second-order valence-electron chi connectivity index (χ2n) is 5.29. The van der Waals surface area contributed by atoms with Gasteiger partial charge >= 0.3 is 0 Å². The van der Waals surface area contributed by atoms with Crippen molar-refractivity contribution < 1.29 is 4.79 Å². The molecule has 0 unspecified atom stereocenters. The lowest BCUT2D eigenvalue weighted by molar-refractivity contribution is 0.0937. The molecule has 0 saturated carbocycles. The molecule has 5 heteroatoms. The molecule has 2 heterocycles. The van der Waals surface area contributed by atoms with E-state index in [0.29, 0.717) is 10.6 Å². The Hall–Kier alpha value is -2.30. The Kier molecular flexibility index (Phi) is 3.56. The second kappa shape index (κ2) is 5.72. The summed E-state index contributed by atoms with van der Waals surface area (Å²) in [6, 6.07) is 17.5. The Labute approximate surface area is 142 Å². The van der Waals surface area contributed by atoms with Crippen molar-refractivity contribution >= 4 is 33.8 Å². The predicted octanol–water partition coefficient (Wildman–Crippen LogP) is 4.92. The molecule has 23 heavy (non-hydrogen) atoms. The van der Waals surface area contributed by atoms with Crippen molar-refractivity contribution in [3.05, 3.63) is 76.1 Å². The molecule has 114 valence electrons. The number of amides is 1. The van der Waals surface area contributed by atoms with Crippen LogP contribution in [0.15, 0.2) is 60.0 Å². The number of fused-ring (bicyclic) bond motifs is 1. The van der Waals surface area contributed by atoms with Crippen molar-refractivity contribution in [3.63, 3.8) is 0 Å². The smallest absolute Gasteiger partial charge is 0.256 e. The number of nitrogens with one attached hydrogen (secondary N) is 2. The van der Waals surface area contributed by atoms with Gasteiger partial charge in [0, 0.05) is 21.5 Å². The van der Waals surface area contributed by atoms with E-state index in [-0.39, 0.29) is 12.1 Å². The molecule has 4 rings (SSSR count). The molecule has 0 spiro atoms. The molecule has 1 aliphatic heterocycles. The average molecular weight is 341 g/mol. The van der Waals surface area contributed by atoms with Gasteiger partial charge in [0.15, 0.2) is 0 Å². The van der Waals surface area contributed by atoms with E-state index >= 15 is 0 Å². The molecule has 0 radical (unpaired) electrons. The van der Waals surface area contributed by atoms with Crippen molar-refractivity contribution in [3.8, 4) is 11.1 Å². The van der Waals surface area contributed by atoms with Gasteiger partial charge < -0.3 is 10.6 Å². The number of carbonyl (C=O) groups is 1. The molecular weight excluding hydrogens is 328 g/mol. The standard InChI is InChI=1S/C18H13ClN2OS/c19-14-9-5-4-8-12(14)16-20-17(22)15-13(10-23-18(15)21-16)11-6-2-1-3-7-11/h1-10,16,21H,(H,20,22)/t16-/m0/s1. The number of hydrogen-bond acceptors (Lipinski definition) is 3. The molecule has 2 aromatic carbocycles. The molecule has 1 atom stereocenters. The summed E-state index contributed by atoms with van der Waals surface area (Å²) in [6.07, 6.45) is -0.314. The summed E-state index contributed by atoms with van der Waals surface area (Å²) in [6.45, 7) is 0. The number of hydrogen-bond donors (Lipinski definition) is 2. The van der Waals surface area contributed by atoms with Gasteiger partial charge in [-0.2, -0.15) is 0 Å². The van der Waals surface area contributed by atoms with Crippen LogP contribution in [0.3, 0.4) is 0 Å². The number of rotatable bonds is 2. The van der Waals surface area contributed by atoms with E-state index in [9.17, 15) is 4.79 Å². The second-order valence-corrected chi connectivity index (χ2v) is 6.58. The molecule has 3 aromatic rings. The number of anilines is 1. The maximum Gasteiger partial charge on any atom is 0.256 e. The molecule has 0 bridgehead atoms.